The second-order valence-electron chi connectivity index (χ2n) is 5.99. The number of halogens is 3. The monoisotopic (exact) mass is 402 g/mol. The zero-order valence-corrected chi connectivity index (χ0v) is 15.2. The van der Waals surface area contributed by atoms with Gasteiger partial charge in [-0.1, -0.05) is 6.92 Å². The van der Waals surface area contributed by atoms with Crippen molar-refractivity contribution in [3.8, 4) is 0 Å². The number of rotatable bonds is 4. The van der Waals surface area contributed by atoms with E-state index in [1.807, 2.05) is 6.92 Å². The van der Waals surface area contributed by atoms with Crippen LogP contribution in [-0.4, -0.2) is 49.7 Å². The van der Waals surface area contributed by atoms with Crippen LogP contribution in [0.5, 0.6) is 0 Å². The summed E-state index contributed by atoms with van der Waals surface area (Å²) < 4.78 is 71.7. The summed E-state index contributed by atoms with van der Waals surface area (Å²) in [6, 6.07) is 4.50. The Morgan fingerprint density at radius 1 is 1.04 bits per heavy atom. The average Bonchev–Trinajstić information content (AvgIpc) is 3.14. The van der Waals surface area contributed by atoms with Crippen LogP contribution in [0.25, 0.3) is 0 Å². The molecule has 0 radical (unpaired) electrons. The van der Waals surface area contributed by atoms with Crippen molar-refractivity contribution in [2.45, 2.75) is 18.2 Å². The topological polar surface area (TPSA) is 70.8 Å². The molecule has 3 rings (SSSR count). The van der Waals surface area contributed by atoms with E-state index in [0.717, 1.165) is 4.31 Å². The summed E-state index contributed by atoms with van der Waals surface area (Å²) in [7, 11) is -4.36. The average molecular weight is 402 g/mol. The van der Waals surface area contributed by atoms with E-state index >= 15 is 0 Å². The van der Waals surface area contributed by atoms with Crippen molar-refractivity contribution in [2.24, 2.45) is 0 Å². The van der Waals surface area contributed by atoms with Crippen molar-refractivity contribution in [1.82, 2.24) is 9.21 Å². The molecule has 2 heterocycles. The molecule has 0 N–H and O–H groups in total. The number of hydrogen-bond donors (Lipinski definition) is 0. The van der Waals surface area contributed by atoms with Gasteiger partial charge in [-0.15, -0.1) is 0 Å². The Hall–Kier alpha value is -2.33. The first-order chi connectivity index (χ1) is 12.8. The molecule has 1 aromatic heterocycles. The third-order valence-electron chi connectivity index (χ3n) is 4.36. The van der Waals surface area contributed by atoms with Gasteiger partial charge in [0.15, 0.2) is 23.2 Å². The van der Waals surface area contributed by atoms with Crippen molar-refractivity contribution in [3.63, 3.8) is 0 Å². The first-order valence-corrected chi connectivity index (χ1v) is 9.71. The first kappa shape index (κ1) is 19.4. The predicted molar refractivity (Wildman–Crippen MR) is 89.1 cm³/mol. The standard InChI is InChI=1S/C17H17F3N2O4S/c1-2-11-3-5-13(26-11)17(23)21-7-9-22(10-8-21)27(24,25)14-6-4-12(18)15(19)16(14)20/h3-6H,2,7-10H2,1H3. The van der Waals surface area contributed by atoms with Crippen molar-refractivity contribution in [2.75, 3.05) is 26.2 Å². The second-order valence-corrected chi connectivity index (χ2v) is 7.90. The third-order valence-corrected chi connectivity index (χ3v) is 6.28. The lowest BCUT2D eigenvalue weighted by Crippen LogP contribution is -2.50. The van der Waals surface area contributed by atoms with E-state index in [-0.39, 0.29) is 37.8 Å². The van der Waals surface area contributed by atoms with Crippen molar-refractivity contribution < 1.29 is 30.8 Å². The number of carbonyl (C=O) groups excluding carboxylic acids is 1. The molecule has 10 heteroatoms. The SMILES string of the molecule is CCc1ccc(C(=O)N2CCN(S(=O)(=O)c3ccc(F)c(F)c3F)CC2)o1. The van der Waals surface area contributed by atoms with Crippen LogP contribution in [-0.2, 0) is 16.4 Å². The number of sulfonamides is 1. The fraction of sp³-hybridized carbons (Fsp3) is 0.353. The predicted octanol–water partition coefficient (Wildman–Crippen LogP) is 2.41. The molecule has 1 fully saturated rings. The van der Waals surface area contributed by atoms with Gasteiger partial charge in [-0.3, -0.25) is 4.79 Å². The molecular weight excluding hydrogens is 385 g/mol. The minimum atomic E-state index is -4.36. The molecule has 0 saturated carbocycles. The smallest absolute Gasteiger partial charge is 0.289 e. The molecule has 0 unspecified atom stereocenters. The van der Waals surface area contributed by atoms with Crippen LogP contribution in [0.4, 0.5) is 13.2 Å². The van der Waals surface area contributed by atoms with Gasteiger partial charge in [0.05, 0.1) is 0 Å². The summed E-state index contributed by atoms with van der Waals surface area (Å²) in [5.41, 5.74) is 0. The van der Waals surface area contributed by atoms with E-state index in [0.29, 0.717) is 24.3 Å². The highest BCUT2D eigenvalue weighted by atomic mass is 32.2. The van der Waals surface area contributed by atoms with Gasteiger partial charge in [-0.2, -0.15) is 4.31 Å². The Morgan fingerprint density at radius 2 is 1.70 bits per heavy atom. The molecule has 1 aliphatic rings. The fourth-order valence-electron chi connectivity index (χ4n) is 2.82. The maximum atomic E-state index is 13.9. The number of furan rings is 1. The van der Waals surface area contributed by atoms with Crippen molar-refractivity contribution in [3.05, 3.63) is 53.2 Å². The summed E-state index contributed by atoms with van der Waals surface area (Å²) in [5.74, 6) is -4.61. The van der Waals surface area contributed by atoms with Crippen molar-refractivity contribution >= 4 is 15.9 Å². The highest BCUT2D eigenvalue weighted by Crippen LogP contribution is 2.24. The summed E-state index contributed by atoms with van der Waals surface area (Å²) >= 11 is 0. The zero-order valence-electron chi connectivity index (χ0n) is 14.4. The highest BCUT2D eigenvalue weighted by Gasteiger charge is 2.34. The molecule has 0 aliphatic carbocycles. The Balaban J connectivity index is 1.73. The van der Waals surface area contributed by atoms with E-state index < -0.39 is 32.4 Å². The molecule has 146 valence electrons. The maximum absolute atomic E-state index is 13.9. The van der Waals surface area contributed by atoms with Crippen LogP contribution in [0.15, 0.2) is 33.6 Å². The van der Waals surface area contributed by atoms with Crippen LogP contribution in [0.2, 0.25) is 0 Å². The van der Waals surface area contributed by atoms with E-state index in [1.165, 1.54) is 4.90 Å². The van der Waals surface area contributed by atoms with Gasteiger partial charge in [0.2, 0.25) is 10.0 Å². The molecule has 0 spiro atoms. The molecule has 1 aromatic carbocycles. The number of carbonyl (C=O) groups is 1. The molecule has 27 heavy (non-hydrogen) atoms. The zero-order chi connectivity index (χ0) is 19.8. The van der Waals surface area contributed by atoms with E-state index in [9.17, 15) is 26.4 Å². The van der Waals surface area contributed by atoms with Gasteiger partial charge in [0.25, 0.3) is 5.91 Å². The lowest BCUT2D eigenvalue weighted by Gasteiger charge is -2.33. The number of aryl methyl sites for hydroxylation is 1. The number of benzene rings is 1. The summed E-state index contributed by atoms with van der Waals surface area (Å²) in [6.07, 6.45) is 0.638. The maximum Gasteiger partial charge on any atom is 0.289 e. The summed E-state index contributed by atoms with van der Waals surface area (Å²) in [5, 5.41) is 0. The largest absolute Gasteiger partial charge is 0.456 e. The highest BCUT2D eigenvalue weighted by molar-refractivity contribution is 7.89. The quantitative estimate of drug-likeness (QED) is 0.737. The number of nitrogens with zero attached hydrogens (tertiary/aromatic N) is 2. The number of amides is 1. The van der Waals surface area contributed by atoms with Gasteiger partial charge in [-0.25, -0.2) is 21.6 Å². The lowest BCUT2D eigenvalue weighted by molar-refractivity contribution is 0.0664. The summed E-state index contributed by atoms with van der Waals surface area (Å²) in [4.78, 5) is 12.9. The van der Waals surface area contributed by atoms with Gasteiger partial charge >= 0.3 is 0 Å². The third kappa shape index (κ3) is 3.59. The second kappa shape index (κ2) is 7.35. The van der Waals surface area contributed by atoms with Crippen LogP contribution in [0.1, 0.15) is 23.2 Å². The first-order valence-electron chi connectivity index (χ1n) is 8.27. The molecule has 2 aromatic rings. The van der Waals surface area contributed by atoms with Crippen LogP contribution >= 0.6 is 0 Å². The molecule has 6 nitrogen and oxygen atoms in total. The Labute approximate surface area is 154 Å². The van der Waals surface area contributed by atoms with Gasteiger partial charge in [-0.05, 0) is 24.3 Å². The Kier molecular flexibility index (Phi) is 5.29. The van der Waals surface area contributed by atoms with Crippen LogP contribution in [0.3, 0.4) is 0 Å². The number of hydrogen-bond acceptors (Lipinski definition) is 4. The molecule has 1 aliphatic heterocycles. The van der Waals surface area contributed by atoms with E-state index in [1.54, 1.807) is 12.1 Å². The molecular formula is C17H17F3N2O4S. The minimum absolute atomic E-state index is 0.0610. The fourth-order valence-corrected chi connectivity index (χ4v) is 4.30. The molecule has 1 saturated heterocycles. The normalized spacial score (nSPS) is 15.9. The number of piperazine rings is 1. The molecule has 0 bridgehead atoms. The van der Waals surface area contributed by atoms with Gasteiger partial charge < -0.3 is 9.32 Å². The van der Waals surface area contributed by atoms with Gasteiger partial charge in [0, 0.05) is 32.6 Å². The van der Waals surface area contributed by atoms with E-state index in [2.05, 4.69) is 0 Å². The van der Waals surface area contributed by atoms with Gasteiger partial charge in [0.1, 0.15) is 10.7 Å². The Bertz CT molecular complexity index is 967. The molecule has 1 amide bonds. The van der Waals surface area contributed by atoms with E-state index in [4.69, 9.17) is 4.42 Å². The molecule has 0 atom stereocenters. The minimum Gasteiger partial charge on any atom is -0.456 e. The van der Waals surface area contributed by atoms with Crippen LogP contribution < -0.4 is 0 Å². The Morgan fingerprint density at radius 3 is 2.30 bits per heavy atom. The van der Waals surface area contributed by atoms with Crippen LogP contribution in [0, 0.1) is 17.5 Å². The summed E-state index contributed by atoms with van der Waals surface area (Å²) in [6.45, 7) is 1.80. The van der Waals surface area contributed by atoms with Crippen molar-refractivity contribution in [1.29, 1.82) is 0 Å². The lowest BCUT2D eigenvalue weighted by atomic mass is 10.3.